The topological polar surface area (TPSA) is 134 Å². The summed E-state index contributed by atoms with van der Waals surface area (Å²) in [6, 6.07) is 14.5. The van der Waals surface area contributed by atoms with Gasteiger partial charge >= 0.3 is 12.1 Å². The first-order chi connectivity index (χ1) is 24.1. The number of fused-ring (bicyclic) bond motifs is 1. The van der Waals surface area contributed by atoms with Crippen molar-refractivity contribution in [1.82, 2.24) is 25.6 Å². The number of benzene rings is 3. The minimum Gasteiger partial charge on any atom is -0.493 e. The molecule has 0 saturated carbocycles. The molecular weight excluding hydrogens is 670 g/mol. The van der Waals surface area contributed by atoms with Crippen molar-refractivity contribution in [3.05, 3.63) is 84.1 Å². The number of likely N-dealkylation sites (tertiary alicyclic amines) is 1. The summed E-state index contributed by atoms with van der Waals surface area (Å²) in [5.41, 5.74) is 3.05. The maximum Gasteiger partial charge on any atom is 0.338 e. The Morgan fingerprint density at radius 2 is 1.72 bits per heavy atom. The van der Waals surface area contributed by atoms with Gasteiger partial charge in [0.1, 0.15) is 34.6 Å². The fraction of sp³-hybridized carbons (Fsp3) is 0.314. The van der Waals surface area contributed by atoms with Crippen LogP contribution in [0.25, 0.3) is 10.9 Å². The van der Waals surface area contributed by atoms with Crippen LogP contribution in [0.2, 0.25) is 0 Å². The first-order valence-corrected chi connectivity index (χ1v) is 17.1. The lowest BCUT2D eigenvalue weighted by Gasteiger charge is -2.33. The van der Waals surface area contributed by atoms with Gasteiger partial charge in [-0.2, -0.15) is 0 Å². The molecule has 5 amide bonds. The Balaban J connectivity index is 1.12. The number of halogens is 2. The van der Waals surface area contributed by atoms with Crippen LogP contribution >= 0.6 is 11.8 Å². The number of urea groups is 2. The van der Waals surface area contributed by atoms with Crippen molar-refractivity contribution >= 4 is 46.3 Å². The van der Waals surface area contributed by atoms with Crippen molar-refractivity contribution < 1.29 is 37.4 Å². The van der Waals surface area contributed by atoms with Gasteiger partial charge in [0.25, 0.3) is 5.91 Å². The highest BCUT2D eigenvalue weighted by Gasteiger charge is 2.37. The van der Waals surface area contributed by atoms with E-state index < -0.39 is 28.9 Å². The molecule has 15 heteroatoms. The number of thioether (sulfide) groups is 1. The zero-order valence-electron chi connectivity index (χ0n) is 27.6. The van der Waals surface area contributed by atoms with E-state index in [9.17, 15) is 23.2 Å². The van der Waals surface area contributed by atoms with Crippen molar-refractivity contribution in [2.24, 2.45) is 0 Å². The number of hydrogen-bond donors (Lipinski definition) is 3. The van der Waals surface area contributed by atoms with Crippen LogP contribution in [-0.2, 0) is 4.79 Å². The molecular formula is C35H36F2N6O6S. The smallest absolute Gasteiger partial charge is 0.338 e. The zero-order valence-corrected chi connectivity index (χ0v) is 28.4. The molecule has 2 saturated heterocycles. The van der Waals surface area contributed by atoms with Crippen molar-refractivity contribution in [3.8, 4) is 23.0 Å². The van der Waals surface area contributed by atoms with Gasteiger partial charge in [0.05, 0.1) is 23.9 Å². The van der Waals surface area contributed by atoms with Gasteiger partial charge in [-0.3, -0.25) is 9.78 Å². The summed E-state index contributed by atoms with van der Waals surface area (Å²) in [5, 5.41) is 6.08. The minimum atomic E-state index is -1.07. The molecule has 2 aliphatic rings. The lowest BCUT2D eigenvalue weighted by Crippen LogP contribution is -2.48. The maximum absolute atomic E-state index is 14.5. The third kappa shape index (κ3) is 7.77. The van der Waals surface area contributed by atoms with Crippen LogP contribution in [0.4, 0.5) is 24.1 Å². The highest BCUT2D eigenvalue weighted by molar-refractivity contribution is 8.00. The van der Waals surface area contributed by atoms with E-state index in [1.54, 1.807) is 60.7 Å². The predicted octanol–water partition coefficient (Wildman–Crippen LogP) is 6.59. The molecule has 2 aliphatic heterocycles. The third-order valence-electron chi connectivity index (χ3n) is 8.08. The van der Waals surface area contributed by atoms with Crippen LogP contribution in [0, 0.1) is 11.6 Å². The summed E-state index contributed by atoms with van der Waals surface area (Å²) in [5.74, 6) is -0.304. The number of piperidine rings is 1. The van der Waals surface area contributed by atoms with Crippen LogP contribution in [0.1, 0.15) is 37.6 Å². The van der Waals surface area contributed by atoms with E-state index in [-0.39, 0.29) is 29.5 Å². The molecule has 1 aromatic heterocycles. The molecule has 3 heterocycles. The quantitative estimate of drug-likeness (QED) is 0.178. The Labute approximate surface area is 291 Å². The number of nitrogens with one attached hydrogen (secondary N) is 3. The average Bonchev–Trinajstić information content (AvgIpc) is 3.43. The standard InChI is InChI=1S/C35H36F2N6O6S/c1-20(2)39-35(46)42-14-11-22(12-15-42)48-30-18-27-24(17-29(30)47-3)28(10-13-38-27)49-23-7-4-6-21(16-23)40-34(45)41-43-31(44)19-50-33(43)32-25(36)8-5-9-26(32)37/h4-10,13,16-18,20,22,33H,11-12,14-15,19H2,1-3H3,(H,39,46)(H2,40,41,45). The number of carbonyl (C=O) groups excluding carboxylic acids is 3. The van der Waals surface area contributed by atoms with Crippen molar-refractivity contribution in [1.29, 1.82) is 0 Å². The molecule has 0 radical (unpaired) electrons. The number of methoxy groups -OCH3 is 1. The van der Waals surface area contributed by atoms with Gasteiger partial charge in [-0.05, 0) is 50.2 Å². The van der Waals surface area contributed by atoms with Gasteiger partial charge in [-0.15, -0.1) is 11.8 Å². The van der Waals surface area contributed by atoms with E-state index in [1.165, 1.54) is 6.07 Å². The van der Waals surface area contributed by atoms with E-state index >= 15 is 0 Å². The summed E-state index contributed by atoms with van der Waals surface area (Å²) in [6.07, 6.45) is 2.84. The number of nitrogens with zero attached hydrogens (tertiary/aromatic N) is 3. The number of hydrazine groups is 1. The third-order valence-corrected chi connectivity index (χ3v) is 9.25. The molecule has 12 nitrogen and oxygen atoms in total. The molecule has 0 spiro atoms. The van der Waals surface area contributed by atoms with E-state index in [0.29, 0.717) is 65.5 Å². The second-order valence-electron chi connectivity index (χ2n) is 12.0. The van der Waals surface area contributed by atoms with E-state index in [2.05, 4.69) is 21.0 Å². The molecule has 3 N–H and O–H groups in total. The van der Waals surface area contributed by atoms with Gasteiger partial charge in [-0.1, -0.05) is 12.1 Å². The summed E-state index contributed by atoms with van der Waals surface area (Å²) < 4.78 is 47.1. The molecule has 6 rings (SSSR count). The van der Waals surface area contributed by atoms with Gasteiger partial charge in [0.2, 0.25) is 0 Å². The fourth-order valence-corrected chi connectivity index (χ4v) is 6.85. The number of amides is 5. The normalized spacial score (nSPS) is 16.4. The summed E-state index contributed by atoms with van der Waals surface area (Å²) in [6.45, 7) is 5.01. The molecule has 50 heavy (non-hydrogen) atoms. The molecule has 4 aromatic rings. The van der Waals surface area contributed by atoms with Crippen LogP contribution < -0.4 is 30.3 Å². The Bertz CT molecular complexity index is 1890. The number of ether oxygens (including phenoxy) is 3. The number of rotatable bonds is 9. The first-order valence-electron chi connectivity index (χ1n) is 16.0. The van der Waals surface area contributed by atoms with Crippen molar-refractivity contribution in [3.63, 3.8) is 0 Å². The van der Waals surface area contributed by atoms with Crippen molar-refractivity contribution in [2.45, 2.75) is 44.2 Å². The highest BCUT2D eigenvalue weighted by Crippen LogP contribution is 2.40. The van der Waals surface area contributed by atoms with E-state index in [0.717, 1.165) is 28.9 Å². The summed E-state index contributed by atoms with van der Waals surface area (Å²) in [7, 11) is 1.55. The number of pyridine rings is 1. The Kier molecular flexibility index (Phi) is 10.4. The predicted molar refractivity (Wildman–Crippen MR) is 184 cm³/mol. The largest absolute Gasteiger partial charge is 0.493 e. The van der Waals surface area contributed by atoms with Crippen LogP contribution in [-0.4, -0.2) is 71.0 Å². The Morgan fingerprint density at radius 3 is 2.44 bits per heavy atom. The average molecular weight is 707 g/mol. The van der Waals surface area contributed by atoms with Crippen molar-refractivity contribution in [2.75, 3.05) is 31.3 Å². The van der Waals surface area contributed by atoms with Gasteiger partial charge in [0.15, 0.2) is 11.5 Å². The SMILES string of the molecule is COc1cc2c(Oc3cccc(NC(=O)NN4C(=O)CSC4c4c(F)cccc4F)c3)ccnc2cc1OC1CCN(C(=O)NC(C)C)CC1. The molecule has 1 atom stereocenters. The molecule has 1 unspecified atom stereocenters. The number of carbonyl (C=O) groups is 3. The molecule has 0 aliphatic carbocycles. The van der Waals surface area contributed by atoms with Gasteiger partial charge in [0, 0.05) is 61.4 Å². The Morgan fingerprint density at radius 1 is 0.980 bits per heavy atom. The second kappa shape index (κ2) is 15.1. The monoisotopic (exact) mass is 706 g/mol. The van der Waals surface area contributed by atoms with Gasteiger partial charge in [-0.25, -0.2) is 28.8 Å². The molecule has 262 valence electrons. The first kappa shape index (κ1) is 34.5. The Hall–Kier alpha value is -5.31. The van der Waals surface area contributed by atoms with Crippen LogP contribution in [0.3, 0.4) is 0 Å². The van der Waals surface area contributed by atoms with Crippen LogP contribution in [0.15, 0.2) is 66.9 Å². The summed E-state index contributed by atoms with van der Waals surface area (Å²) in [4.78, 5) is 44.1. The van der Waals surface area contributed by atoms with E-state index in [4.69, 9.17) is 14.2 Å². The highest BCUT2D eigenvalue weighted by atomic mass is 32.2. The molecule has 0 bridgehead atoms. The summed E-state index contributed by atoms with van der Waals surface area (Å²) >= 11 is 1.00. The van der Waals surface area contributed by atoms with E-state index in [1.807, 2.05) is 13.8 Å². The molecule has 2 fully saturated rings. The number of anilines is 1. The minimum absolute atomic E-state index is 0.0572. The maximum atomic E-state index is 14.5. The lowest BCUT2D eigenvalue weighted by atomic mass is 10.1. The van der Waals surface area contributed by atoms with Gasteiger partial charge < -0.3 is 29.7 Å². The number of hydrogen-bond acceptors (Lipinski definition) is 8. The fourth-order valence-electron chi connectivity index (χ4n) is 5.70. The molecule has 3 aromatic carbocycles. The second-order valence-corrected chi connectivity index (χ2v) is 13.1. The lowest BCUT2D eigenvalue weighted by molar-refractivity contribution is -0.130. The zero-order chi connectivity index (χ0) is 35.4. The van der Waals surface area contributed by atoms with Crippen LogP contribution in [0.5, 0.6) is 23.0 Å². The number of aromatic nitrogens is 1.